The van der Waals surface area contributed by atoms with Gasteiger partial charge < -0.3 is 5.32 Å². The summed E-state index contributed by atoms with van der Waals surface area (Å²) in [6.45, 7) is 0. The standard InChI is InChI=1S/C14HCl3F10N2/c15-14(16,17)13(28-11-7(24)3(20)1(18)4(21)8(11)25)29-12-9(26)5(22)2(19)6(23)10(12)27/h(H,28,29). The second-order valence-corrected chi connectivity index (χ2v) is 7.23. The van der Waals surface area contributed by atoms with Crippen LogP contribution in [0.15, 0.2) is 4.99 Å². The minimum Gasteiger partial charge on any atom is -0.335 e. The summed E-state index contributed by atoms with van der Waals surface area (Å²) in [6.07, 6.45) is 0. The summed E-state index contributed by atoms with van der Waals surface area (Å²) in [6, 6.07) is 0. The molecule has 0 aliphatic rings. The third-order valence-electron chi connectivity index (χ3n) is 3.13. The molecule has 29 heavy (non-hydrogen) atoms. The van der Waals surface area contributed by atoms with Crippen LogP contribution in [0.2, 0.25) is 0 Å². The van der Waals surface area contributed by atoms with Crippen LogP contribution in [0.5, 0.6) is 0 Å². The minimum absolute atomic E-state index is 1.31. The third kappa shape index (κ3) is 4.19. The predicted molar refractivity (Wildman–Crippen MR) is 83.5 cm³/mol. The van der Waals surface area contributed by atoms with Gasteiger partial charge in [0.1, 0.15) is 11.4 Å². The Hall–Kier alpha value is -1.92. The third-order valence-corrected chi connectivity index (χ3v) is 3.67. The van der Waals surface area contributed by atoms with E-state index < -0.39 is 79.2 Å². The molecule has 2 aromatic carbocycles. The van der Waals surface area contributed by atoms with Gasteiger partial charge in [-0.15, -0.1) is 0 Å². The molecular weight excluding hydrogens is 493 g/mol. The Morgan fingerprint density at radius 1 is 0.552 bits per heavy atom. The first-order chi connectivity index (χ1) is 13.2. The molecule has 2 rings (SSSR count). The van der Waals surface area contributed by atoms with Crippen molar-refractivity contribution in [3.8, 4) is 0 Å². The number of rotatable bonds is 2. The molecule has 158 valence electrons. The fraction of sp³-hybridized carbons (Fsp3) is 0.0714. The van der Waals surface area contributed by atoms with Crippen LogP contribution in [0.3, 0.4) is 0 Å². The number of alkyl halides is 3. The number of aliphatic imine (C=N–C) groups is 1. The van der Waals surface area contributed by atoms with Gasteiger partial charge in [-0.05, 0) is 0 Å². The van der Waals surface area contributed by atoms with E-state index in [-0.39, 0.29) is 0 Å². The zero-order valence-electron chi connectivity index (χ0n) is 12.9. The van der Waals surface area contributed by atoms with Gasteiger partial charge in [-0.25, -0.2) is 48.9 Å². The van der Waals surface area contributed by atoms with Gasteiger partial charge in [0, 0.05) is 0 Å². The fourth-order valence-corrected chi connectivity index (χ4v) is 2.07. The molecule has 0 unspecified atom stereocenters. The number of hydrogen-bond acceptors (Lipinski definition) is 1. The Bertz CT molecular complexity index is 978. The molecule has 0 fully saturated rings. The van der Waals surface area contributed by atoms with Gasteiger partial charge in [0.2, 0.25) is 15.4 Å². The number of amidine groups is 1. The van der Waals surface area contributed by atoms with Gasteiger partial charge >= 0.3 is 0 Å². The predicted octanol–water partition coefficient (Wildman–Crippen LogP) is 6.59. The van der Waals surface area contributed by atoms with E-state index in [2.05, 4.69) is 4.99 Å². The van der Waals surface area contributed by atoms with E-state index in [4.69, 9.17) is 34.8 Å². The van der Waals surface area contributed by atoms with Crippen LogP contribution in [-0.4, -0.2) is 9.63 Å². The van der Waals surface area contributed by atoms with Crippen LogP contribution in [0.1, 0.15) is 0 Å². The first kappa shape index (κ1) is 23.4. The van der Waals surface area contributed by atoms with Crippen molar-refractivity contribution in [3.05, 3.63) is 58.2 Å². The van der Waals surface area contributed by atoms with Crippen LogP contribution in [0, 0.1) is 58.2 Å². The number of benzene rings is 2. The van der Waals surface area contributed by atoms with Crippen molar-refractivity contribution < 1.29 is 43.9 Å². The van der Waals surface area contributed by atoms with E-state index in [9.17, 15) is 43.9 Å². The second-order valence-electron chi connectivity index (χ2n) is 4.95. The van der Waals surface area contributed by atoms with E-state index in [0.717, 1.165) is 0 Å². The topological polar surface area (TPSA) is 24.4 Å². The summed E-state index contributed by atoms with van der Waals surface area (Å²) >= 11 is 16.1. The summed E-state index contributed by atoms with van der Waals surface area (Å²) < 4.78 is 131. The monoisotopic (exact) mass is 492 g/mol. The maximum absolute atomic E-state index is 13.7. The zero-order chi connectivity index (χ0) is 22.4. The van der Waals surface area contributed by atoms with Crippen LogP contribution >= 0.6 is 34.8 Å². The first-order valence-electron chi connectivity index (χ1n) is 6.65. The molecule has 0 bridgehead atoms. The molecule has 0 saturated carbocycles. The highest BCUT2D eigenvalue weighted by atomic mass is 35.6. The first-order valence-corrected chi connectivity index (χ1v) is 7.79. The molecule has 2 aromatic rings. The normalized spacial score (nSPS) is 12.5. The molecule has 0 radical (unpaired) electrons. The van der Waals surface area contributed by atoms with Crippen molar-refractivity contribution in [2.45, 2.75) is 3.79 Å². The van der Waals surface area contributed by atoms with Crippen LogP contribution in [0.25, 0.3) is 0 Å². The Labute approximate surface area is 168 Å². The molecule has 0 saturated heterocycles. The van der Waals surface area contributed by atoms with Crippen molar-refractivity contribution in [3.63, 3.8) is 0 Å². The summed E-state index contributed by atoms with van der Waals surface area (Å²) in [4.78, 5) is 2.79. The van der Waals surface area contributed by atoms with Crippen LogP contribution in [0.4, 0.5) is 55.3 Å². The smallest absolute Gasteiger partial charge is 0.248 e. The van der Waals surface area contributed by atoms with Crippen LogP contribution < -0.4 is 5.32 Å². The summed E-state index contributed by atoms with van der Waals surface area (Å²) in [7, 11) is 0. The van der Waals surface area contributed by atoms with Crippen LogP contribution in [-0.2, 0) is 0 Å². The van der Waals surface area contributed by atoms with Crippen molar-refractivity contribution in [2.24, 2.45) is 4.99 Å². The number of hydrogen-bond donors (Lipinski definition) is 1. The Morgan fingerprint density at radius 3 is 1.21 bits per heavy atom. The maximum Gasteiger partial charge on any atom is 0.248 e. The Balaban J connectivity index is 2.76. The highest BCUT2D eigenvalue weighted by Crippen LogP contribution is 2.36. The molecule has 15 heteroatoms. The lowest BCUT2D eigenvalue weighted by atomic mass is 10.2. The van der Waals surface area contributed by atoms with Gasteiger partial charge in [-0.2, -0.15) is 0 Å². The maximum atomic E-state index is 13.7. The van der Waals surface area contributed by atoms with Gasteiger partial charge in [0.25, 0.3) is 0 Å². The number of nitrogens with one attached hydrogen (secondary N) is 1. The molecule has 0 aliphatic carbocycles. The van der Waals surface area contributed by atoms with Crippen molar-refractivity contribution >= 4 is 52.0 Å². The number of anilines is 1. The highest BCUT2D eigenvalue weighted by Gasteiger charge is 2.35. The lowest BCUT2D eigenvalue weighted by Gasteiger charge is -2.18. The average Bonchev–Trinajstić information content (AvgIpc) is 2.65. The van der Waals surface area contributed by atoms with Gasteiger partial charge in [-0.1, -0.05) is 34.8 Å². The SMILES string of the molecule is Fc1c(F)c(F)c(N=C(Nc2c(F)c(F)c(F)c(F)c2F)C(Cl)(Cl)Cl)c(F)c1F. The number of nitrogens with zero attached hydrogens (tertiary/aromatic N) is 1. The van der Waals surface area contributed by atoms with Gasteiger partial charge in [0.15, 0.2) is 52.4 Å². The second kappa shape index (κ2) is 8.07. The quantitative estimate of drug-likeness (QED) is 0.125. The van der Waals surface area contributed by atoms with E-state index in [0.29, 0.717) is 0 Å². The molecule has 0 aliphatic heterocycles. The van der Waals surface area contributed by atoms with E-state index >= 15 is 0 Å². The molecular formula is C14HCl3F10N2. The summed E-state index contributed by atoms with van der Waals surface area (Å²) in [5, 5.41) is 1.31. The zero-order valence-corrected chi connectivity index (χ0v) is 15.1. The molecule has 2 nitrogen and oxygen atoms in total. The lowest BCUT2D eigenvalue weighted by molar-refractivity contribution is 0.381. The minimum atomic E-state index is -3.03. The van der Waals surface area contributed by atoms with E-state index in [1.54, 1.807) is 0 Å². The summed E-state index contributed by atoms with van der Waals surface area (Å²) in [5.41, 5.74) is -3.85. The van der Waals surface area contributed by atoms with Gasteiger partial charge in [0.05, 0.1) is 0 Å². The van der Waals surface area contributed by atoms with E-state index in [1.165, 1.54) is 5.32 Å². The molecule has 0 amide bonds. The molecule has 0 aromatic heterocycles. The molecule has 0 spiro atoms. The van der Waals surface area contributed by atoms with E-state index in [1.807, 2.05) is 0 Å². The number of halogens is 13. The highest BCUT2D eigenvalue weighted by molar-refractivity contribution is 6.77. The Morgan fingerprint density at radius 2 is 0.862 bits per heavy atom. The molecule has 0 atom stereocenters. The lowest BCUT2D eigenvalue weighted by Crippen LogP contribution is -2.29. The largest absolute Gasteiger partial charge is 0.335 e. The van der Waals surface area contributed by atoms with Crippen molar-refractivity contribution in [2.75, 3.05) is 5.32 Å². The van der Waals surface area contributed by atoms with Gasteiger partial charge in [-0.3, -0.25) is 0 Å². The molecule has 1 N–H and O–H groups in total. The average molecular weight is 494 g/mol. The van der Waals surface area contributed by atoms with Crippen molar-refractivity contribution in [1.82, 2.24) is 0 Å². The fourth-order valence-electron chi connectivity index (χ4n) is 1.80. The molecule has 0 heterocycles. The Kier molecular flexibility index (Phi) is 6.50. The summed E-state index contributed by atoms with van der Waals surface area (Å²) in [5.74, 6) is -26.6. The van der Waals surface area contributed by atoms with Crippen molar-refractivity contribution in [1.29, 1.82) is 0 Å².